The zero-order valence-corrected chi connectivity index (χ0v) is 14.8. The maximum absolute atomic E-state index is 12.9. The lowest BCUT2D eigenvalue weighted by Crippen LogP contribution is -2.39. The van der Waals surface area contributed by atoms with Crippen LogP contribution in [0, 0.1) is 5.92 Å². The van der Waals surface area contributed by atoms with Crippen LogP contribution in [0.1, 0.15) is 35.0 Å². The SMILES string of the molecule is O=C(c1cccc(-n2cnnc2)c1)N1CCC([C@H](O)c2ccccn2)CC1. The molecular formula is C20H21N5O2. The molecule has 1 aliphatic heterocycles. The average Bonchev–Trinajstić information content (AvgIpc) is 3.29. The molecule has 4 rings (SSSR count). The predicted molar refractivity (Wildman–Crippen MR) is 99.2 cm³/mol. The van der Waals surface area contributed by atoms with E-state index in [-0.39, 0.29) is 11.8 Å². The fourth-order valence-corrected chi connectivity index (χ4v) is 3.53. The Morgan fingerprint density at radius 2 is 1.85 bits per heavy atom. The number of likely N-dealkylation sites (tertiary alicyclic amines) is 1. The maximum Gasteiger partial charge on any atom is 0.253 e. The molecule has 1 N–H and O–H groups in total. The highest BCUT2D eigenvalue weighted by Gasteiger charge is 2.29. The van der Waals surface area contributed by atoms with Crippen molar-refractivity contribution in [1.29, 1.82) is 0 Å². The van der Waals surface area contributed by atoms with Crippen molar-refractivity contribution in [1.82, 2.24) is 24.6 Å². The molecule has 0 saturated carbocycles. The van der Waals surface area contributed by atoms with Crippen LogP contribution in [0.25, 0.3) is 5.69 Å². The second kappa shape index (κ2) is 7.67. The highest BCUT2D eigenvalue weighted by Crippen LogP contribution is 2.30. The summed E-state index contributed by atoms with van der Waals surface area (Å²) in [5.41, 5.74) is 2.19. The van der Waals surface area contributed by atoms with Crippen LogP contribution in [0.2, 0.25) is 0 Å². The molecule has 3 heterocycles. The zero-order valence-electron chi connectivity index (χ0n) is 14.8. The topological polar surface area (TPSA) is 84.1 Å². The lowest BCUT2D eigenvalue weighted by molar-refractivity contribution is 0.0447. The molecule has 27 heavy (non-hydrogen) atoms. The van der Waals surface area contributed by atoms with Gasteiger partial charge < -0.3 is 10.0 Å². The van der Waals surface area contributed by atoms with Crippen LogP contribution in [0.4, 0.5) is 0 Å². The van der Waals surface area contributed by atoms with Crippen LogP contribution in [0.15, 0.2) is 61.3 Å². The minimum atomic E-state index is -0.583. The Morgan fingerprint density at radius 3 is 2.56 bits per heavy atom. The molecule has 1 amide bonds. The Hall–Kier alpha value is -3.06. The predicted octanol–water partition coefficient (Wildman–Crippen LogP) is 2.25. The molecule has 1 saturated heterocycles. The summed E-state index contributed by atoms with van der Waals surface area (Å²) in [5, 5.41) is 18.2. The van der Waals surface area contributed by atoms with Gasteiger partial charge in [-0.05, 0) is 49.1 Å². The van der Waals surface area contributed by atoms with Gasteiger partial charge in [0.05, 0.1) is 11.8 Å². The number of aromatic nitrogens is 4. The number of aliphatic hydroxyl groups excluding tert-OH is 1. The van der Waals surface area contributed by atoms with Crippen LogP contribution < -0.4 is 0 Å². The zero-order chi connectivity index (χ0) is 18.6. The lowest BCUT2D eigenvalue weighted by atomic mass is 9.89. The van der Waals surface area contributed by atoms with E-state index < -0.39 is 6.10 Å². The summed E-state index contributed by atoms with van der Waals surface area (Å²) in [6, 6.07) is 13.0. The number of carbonyl (C=O) groups is 1. The Labute approximate surface area is 157 Å². The van der Waals surface area contributed by atoms with Gasteiger partial charge in [-0.2, -0.15) is 0 Å². The normalized spacial score (nSPS) is 16.3. The molecule has 3 aromatic rings. The third-order valence-electron chi connectivity index (χ3n) is 5.07. The van der Waals surface area contributed by atoms with Crippen molar-refractivity contribution in [2.75, 3.05) is 13.1 Å². The highest BCUT2D eigenvalue weighted by molar-refractivity contribution is 5.94. The van der Waals surface area contributed by atoms with Crippen molar-refractivity contribution in [3.63, 3.8) is 0 Å². The number of hydrogen-bond acceptors (Lipinski definition) is 5. The van der Waals surface area contributed by atoms with E-state index in [0.29, 0.717) is 24.3 Å². The highest BCUT2D eigenvalue weighted by atomic mass is 16.3. The molecule has 0 spiro atoms. The molecule has 138 valence electrons. The molecule has 1 aliphatic rings. The Kier molecular flexibility index (Phi) is 4.93. The number of piperidine rings is 1. The van der Waals surface area contributed by atoms with Gasteiger partial charge >= 0.3 is 0 Å². The van der Waals surface area contributed by atoms with Crippen LogP contribution in [-0.4, -0.2) is 48.8 Å². The van der Waals surface area contributed by atoms with Gasteiger partial charge in [0.25, 0.3) is 5.91 Å². The van der Waals surface area contributed by atoms with Gasteiger partial charge in [-0.3, -0.25) is 14.3 Å². The van der Waals surface area contributed by atoms with Gasteiger partial charge in [0.15, 0.2) is 0 Å². The first kappa shape index (κ1) is 17.4. The fourth-order valence-electron chi connectivity index (χ4n) is 3.53. The molecule has 0 unspecified atom stereocenters. The van der Waals surface area contributed by atoms with Crippen molar-refractivity contribution < 1.29 is 9.90 Å². The third-order valence-corrected chi connectivity index (χ3v) is 5.07. The first-order valence-corrected chi connectivity index (χ1v) is 9.06. The van der Waals surface area contributed by atoms with E-state index >= 15 is 0 Å². The van der Waals surface area contributed by atoms with Crippen molar-refractivity contribution in [2.24, 2.45) is 5.92 Å². The van der Waals surface area contributed by atoms with Crippen molar-refractivity contribution in [3.8, 4) is 5.69 Å². The Morgan fingerprint density at radius 1 is 1.07 bits per heavy atom. The number of hydrogen-bond donors (Lipinski definition) is 1. The first-order valence-electron chi connectivity index (χ1n) is 9.06. The number of rotatable bonds is 4. The molecular weight excluding hydrogens is 342 g/mol. The largest absolute Gasteiger partial charge is 0.387 e. The quantitative estimate of drug-likeness (QED) is 0.769. The smallest absolute Gasteiger partial charge is 0.253 e. The van der Waals surface area contributed by atoms with Crippen molar-refractivity contribution in [2.45, 2.75) is 18.9 Å². The van der Waals surface area contributed by atoms with E-state index in [1.54, 1.807) is 23.4 Å². The molecule has 1 aromatic carbocycles. The van der Waals surface area contributed by atoms with E-state index in [1.807, 2.05) is 47.4 Å². The lowest BCUT2D eigenvalue weighted by Gasteiger charge is -2.34. The van der Waals surface area contributed by atoms with E-state index in [2.05, 4.69) is 15.2 Å². The van der Waals surface area contributed by atoms with E-state index in [4.69, 9.17) is 0 Å². The van der Waals surface area contributed by atoms with E-state index in [9.17, 15) is 9.90 Å². The second-order valence-electron chi connectivity index (χ2n) is 6.75. The molecule has 1 fully saturated rings. The number of benzene rings is 1. The summed E-state index contributed by atoms with van der Waals surface area (Å²) in [6.45, 7) is 1.26. The van der Waals surface area contributed by atoms with Gasteiger partial charge in [-0.1, -0.05) is 12.1 Å². The van der Waals surface area contributed by atoms with Crippen LogP contribution in [0.5, 0.6) is 0 Å². The van der Waals surface area contributed by atoms with Gasteiger partial charge in [0, 0.05) is 30.5 Å². The molecule has 7 heteroatoms. The minimum absolute atomic E-state index is 0.00991. The summed E-state index contributed by atoms with van der Waals surface area (Å²) >= 11 is 0. The van der Waals surface area contributed by atoms with Gasteiger partial charge in [-0.25, -0.2) is 0 Å². The first-order chi connectivity index (χ1) is 13.2. The number of nitrogens with zero attached hydrogens (tertiary/aromatic N) is 5. The summed E-state index contributed by atoms with van der Waals surface area (Å²) in [6.07, 6.45) is 5.84. The Balaban J connectivity index is 1.41. The van der Waals surface area contributed by atoms with Gasteiger partial charge in [-0.15, -0.1) is 10.2 Å². The van der Waals surface area contributed by atoms with E-state index in [0.717, 1.165) is 18.5 Å². The summed E-state index contributed by atoms with van der Waals surface area (Å²) in [4.78, 5) is 19.0. The molecule has 0 bridgehead atoms. The van der Waals surface area contributed by atoms with E-state index in [1.165, 1.54) is 0 Å². The molecule has 1 atom stereocenters. The van der Waals surface area contributed by atoms with Crippen LogP contribution in [0.3, 0.4) is 0 Å². The second-order valence-corrected chi connectivity index (χ2v) is 6.75. The van der Waals surface area contributed by atoms with Crippen molar-refractivity contribution >= 4 is 5.91 Å². The monoisotopic (exact) mass is 363 g/mol. The molecule has 0 aliphatic carbocycles. The summed E-state index contributed by atoms with van der Waals surface area (Å²) < 4.78 is 1.77. The third kappa shape index (κ3) is 3.73. The number of carbonyl (C=O) groups excluding carboxylic acids is 1. The molecule has 2 aromatic heterocycles. The number of amides is 1. The Bertz CT molecular complexity index is 890. The number of pyridine rings is 1. The fraction of sp³-hybridized carbons (Fsp3) is 0.300. The van der Waals surface area contributed by atoms with Gasteiger partial charge in [0.2, 0.25) is 0 Å². The van der Waals surface area contributed by atoms with Crippen LogP contribution >= 0.6 is 0 Å². The molecule has 0 radical (unpaired) electrons. The molecule has 7 nitrogen and oxygen atoms in total. The minimum Gasteiger partial charge on any atom is -0.387 e. The maximum atomic E-state index is 12.9. The van der Waals surface area contributed by atoms with Gasteiger partial charge in [0.1, 0.15) is 12.7 Å². The number of aliphatic hydroxyl groups is 1. The average molecular weight is 363 g/mol. The standard InChI is InChI=1S/C20H21N5O2/c26-19(18-6-1-2-9-21-18)15-7-10-24(11-8-15)20(27)16-4-3-5-17(12-16)25-13-22-23-14-25/h1-6,9,12-15,19,26H,7-8,10-11H2/t19-/m0/s1. The van der Waals surface area contributed by atoms with Crippen molar-refractivity contribution in [3.05, 3.63) is 72.6 Å². The van der Waals surface area contributed by atoms with Crippen LogP contribution in [-0.2, 0) is 0 Å². The summed E-state index contributed by atoms with van der Waals surface area (Å²) in [5.74, 6) is 0.128. The summed E-state index contributed by atoms with van der Waals surface area (Å²) in [7, 11) is 0.